The van der Waals surface area contributed by atoms with Crippen LogP contribution < -0.4 is 10.1 Å². The summed E-state index contributed by atoms with van der Waals surface area (Å²) in [6.45, 7) is -1.46. The standard InChI is InChI=1S/C12H10F3N3O2/c1-6-8(5-16-18-6)11(19)17-7-2-3-10(9(13)4-7)20-12(14)15/h2-5,12H,1H3,(H,16,18)(H,17,19). The summed E-state index contributed by atoms with van der Waals surface area (Å²) in [6.07, 6.45) is 1.33. The zero-order valence-corrected chi connectivity index (χ0v) is 10.3. The average Bonchev–Trinajstić information content (AvgIpc) is 2.78. The minimum atomic E-state index is -3.11. The molecule has 0 atom stereocenters. The number of halogens is 3. The first-order valence-electron chi connectivity index (χ1n) is 5.53. The van der Waals surface area contributed by atoms with E-state index in [0.29, 0.717) is 11.3 Å². The van der Waals surface area contributed by atoms with Crippen LogP contribution in [0.25, 0.3) is 0 Å². The molecule has 0 aliphatic carbocycles. The minimum Gasteiger partial charge on any atom is -0.432 e. The van der Waals surface area contributed by atoms with Crippen LogP contribution in [0, 0.1) is 12.7 Å². The number of H-pyrrole nitrogens is 1. The highest BCUT2D eigenvalue weighted by molar-refractivity contribution is 6.04. The number of ether oxygens (including phenoxy) is 1. The van der Waals surface area contributed by atoms with Gasteiger partial charge in [0.25, 0.3) is 5.91 Å². The van der Waals surface area contributed by atoms with E-state index in [9.17, 15) is 18.0 Å². The zero-order chi connectivity index (χ0) is 14.7. The van der Waals surface area contributed by atoms with E-state index in [1.165, 1.54) is 12.3 Å². The van der Waals surface area contributed by atoms with Gasteiger partial charge in [-0.15, -0.1) is 0 Å². The molecule has 0 unspecified atom stereocenters. The van der Waals surface area contributed by atoms with E-state index in [2.05, 4.69) is 20.3 Å². The maximum Gasteiger partial charge on any atom is 0.387 e. The number of rotatable bonds is 4. The van der Waals surface area contributed by atoms with Crippen LogP contribution in [0.15, 0.2) is 24.4 Å². The third-order valence-electron chi connectivity index (χ3n) is 2.48. The van der Waals surface area contributed by atoms with Gasteiger partial charge in [0.1, 0.15) is 0 Å². The van der Waals surface area contributed by atoms with Crippen molar-refractivity contribution in [3.63, 3.8) is 0 Å². The monoisotopic (exact) mass is 285 g/mol. The molecule has 2 rings (SSSR count). The average molecular weight is 285 g/mol. The molecular formula is C12H10F3N3O2. The van der Waals surface area contributed by atoms with Gasteiger partial charge in [0.05, 0.1) is 11.8 Å². The van der Waals surface area contributed by atoms with Gasteiger partial charge in [-0.1, -0.05) is 0 Å². The Labute approximate surface area is 111 Å². The number of aromatic nitrogens is 2. The Morgan fingerprint density at radius 3 is 2.75 bits per heavy atom. The van der Waals surface area contributed by atoms with Crippen molar-refractivity contribution in [2.75, 3.05) is 5.32 Å². The molecule has 2 aromatic rings. The first kappa shape index (κ1) is 13.9. The first-order valence-corrected chi connectivity index (χ1v) is 5.53. The molecular weight excluding hydrogens is 275 g/mol. The lowest BCUT2D eigenvalue weighted by atomic mass is 10.2. The van der Waals surface area contributed by atoms with Crippen LogP contribution in [0.2, 0.25) is 0 Å². The van der Waals surface area contributed by atoms with Crippen molar-refractivity contribution in [1.82, 2.24) is 10.2 Å². The number of hydrogen-bond acceptors (Lipinski definition) is 3. The lowest BCUT2D eigenvalue weighted by molar-refractivity contribution is -0.0521. The number of benzene rings is 1. The highest BCUT2D eigenvalue weighted by Crippen LogP contribution is 2.23. The number of carbonyl (C=O) groups is 1. The van der Waals surface area contributed by atoms with E-state index >= 15 is 0 Å². The third-order valence-corrected chi connectivity index (χ3v) is 2.48. The smallest absolute Gasteiger partial charge is 0.387 e. The van der Waals surface area contributed by atoms with Crippen LogP contribution in [0.3, 0.4) is 0 Å². The molecule has 0 saturated heterocycles. The molecule has 0 spiro atoms. The van der Waals surface area contributed by atoms with Crippen molar-refractivity contribution in [3.05, 3.63) is 41.5 Å². The van der Waals surface area contributed by atoms with Crippen LogP contribution in [0.1, 0.15) is 16.1 Å². The maximum atomic E-state index is 13.5. The van der Waals surface area contributed by atoms with E-state index in [4.69, 9.17) is 0 Å². The van der Waals surface area contributed by atoms with Crippen molar-refractivity contribution >= 4 is 11.6 Å². The fourth-order valence-electron chi connectivity index (χ4n) is 1.55. The SMILES string of the molecule is Cc1[nH]ncc1C(=O)Nc1ccc(OC(F)F)c(F)c1. The number of aromatic amines is 1. The fourth-order valence-corrected chi connectivity index (χ4v) is 1.55. The Morgan fingerprint density at radius 1 is 1.45 bits per heavy atom. The lowest BCUT2D eigenvalue weighted by Gasteiger charge is -2.08. The Morgan fingerprint density at radius 2 is 2.20 bits per heavy atom. The van der Waals surface area contributed by atoms with Crippen LogP contribution >= 0.6 is 0 Å². The summed E-state index contributed by atoms with van der Waals surface area (Å²) in [6, 6.07) is 3.17. The van der Waals surface area contributed by atoms with Crippen LogP contribution in [-0.2, 0) is 0 Å². The molecule has 8 heteroatoms. The highest BCUT2D eigenvalue weighted by Gasteiger charge is 2.14. The van der Waals surface area contributed by atoms with Crippen molar-refractivity contribution in [1.29, 1.82) is 0 Å². The van der Waals surface area contributed by atoms with Gasteiger partial charge in [-0.25, -0.2) is 4.39 Å². The van der Waals surface area contributed by atoms with Gasteiger partial charge >= 0.3 is 6.61 Å². The van der Waals surface area contributed by atoms with Crippen molar-refractivity contribution in [2.24, 2.45) is 0 Å². The number of nitrogens with zero attached hydrogens (tertiary/aromatic N) is 1. The highest BCUT2D eigenvalue weighted by atomic mass is 19.3. The number of carbonyl (C=O) groups excluding carboxylic acids is 1. The van der Waals surface area contributed by atoms with Gasteiger partial charge in [0.2, 0.25) is 0 Å². The van der Waals surface area contributed by atoms with Crippen LogP contribution in [-0.4, -0.2) is 22.7 Å². The van der Waals surface area contributed by atoms with Gasteiger partial charge in [0.15, 0.2) is 11.6 Å². The predicted octanol–water partition coefficient (Wildman–Crippen LogP) is 2.71. The molecule has 0 aliphatic rings. The van der Waals surface area contributed by atoms with Gasteiger partial charge < -0.3 is 10.1 Å². The molecule has 1 amide bonds. The molecule has 0 radical (unpaired) electrons. The number of alkyl halides is 2. The Kier molecular flexibility index (Phi) is 3.92. The largest absolute Gasteiger partial charge is 0.432 e. The van der Waals surface area contributed by atoms with E-state index in [1.807, 2.05) is 0 Å². The Balaban J connectivity index is 2.13. The number of hydrogen-bond donors (Lipinski definition) is 2. The fraction of sp³-hybridized carbons (Fsp3) is 0.167. The first-order chi connectivity index (χ1) is 9.47. The topological polar surface area (TPSA) is 67.0 Å². The summed E-state index contributed by atoms with van der Waals surface area (Å²) >= 11 is 0. The molecule has 5 nitrogen and oxygen atoms in total. The molecule has 0 bridgehead atoms. The van der Waals surface area contributed by atoms with Gasteiger partial charge in [-0.2, -0.15) is 13.9 Å². The second-order valence-electron chi connectivity index (χ2n) is 3.89. The molecule has 0 aliphatic heterocycles. The quantitative estimate of drug-likeness (QED) is 0.907. The second kappa shape index (κ2) is 5.64. The minimum absolute atomic E-state index is 0.120. The molecule has 0 fully saturated rings. The van der Waals surface area contributed by atoms with E-state index in [0.717, 1.165) is 12.1 Å². The summed E-state index contributed by atoms with van der Waals surface area (Å²) in [7, 11) is 0. The molecule has 106 valence electrons. The number of amides is 1. The summed E-state index contributed by atoms with van der Waals surface area (Å²) in [5, 5.41) is 8.70. The molecule has 1 aromatic heterocycles. The predicted molar refractivity (Wildman–Crippen MR) is 64.3 cm³/mol. The van der Waals surface area contributed by atoms with Crippen LogP contribution in [0.5, 0.6) is 5.75 Å². The molecule has 0 saturated carbocycles. The van der Waals surface area contributed by atoms with Crippen molar-refractivity contribution in [2.45, 2.75) is 13.5 Å². The third kappa shape index (κ3) is 3.08. The Bertz CT molecular complexity index is 628. The number of nitrogens with one attached hydrogen (secondary N) is 2. The maximum absolute atomic E-state index is 13.5. The van der Waals surface area contributed by atoms with Gasteiger partial charge in [-0.05, 0) is 19.1 Å². The van der Waals surface area contributed by atoms with Crippen molar-refractivity contribution < 1.29 is 22.7 Å². The molecule has 20 heavy (non-hydrogen) atoms. The second-order valence-corrected chi connectivity index (χ2v) is 3.89. The van der Waals surface area contributed by atoms with Crippen molar-refractivity contribution in [3.8, 4) is 5.75 Å². The molecule has 1 heterocycles. The zero-order valence-electron chi connectivity index (χ0n) is 10.3. The molecule has 2 N–H and O–H groups in total. The van der Waals surface area contributed by atoms with E-state index in [1.54, 1.807) is 6.92 Å². The molecule has 1 aromatic carbocycles. The summed E-state index contributed by atoms with van der Waals surface area (Å²) in [5.74, 6) is -2.07. The summed E-state index contributed by atoms with van der Waals surface area (Å²) in [4.78, 5) is 11.8. The number of aryl methyl sites for hydroxylation is 1. The Hall–Kier alpha value is -2.51. The normalized spacial score (nSPS) is 10.7. The summed E-state index contributed by atoms with van der Waals surface area (Å²) < 4.78 is 41.4. The summed E-state index contributed by atoms with van der Waals surface area (Å²) in [5.41, 5.74) is 0.980. The van der Waals surface area contributed by atoms with E-state index in [-0.39, 0.29) is 5.69 Å². The van der Waals surface area contributed by atoms with E-state index < -0.39 is 24.1 Å². The van der Waals surface area contributed by atoms with Gasteiger partial charge in [-0.3, -0.25) is 9.89 Å². The van der Waals surface area contributed by atoms with Gasteiger partial charge in [0, 0.05) is 17.4 Å². The lowest BCUT2D eigenvalue weighted by Crippen LogP contribution is -2.12. The van der Waals surface area contributed by atoms with Crippen LogP contribution in [0.4, 0.5) is 18.9 Å². The number of anilines is 1.